The molecule has 0 unspecified atom stereocenters. The predicted molar refractivity (Wildman–Crippen MR) is 78.1 cm³/mol. The van der Waals surface area contributed by atoms with E-state index in [1.54, 1.807) is 12.1 Å². The molecule has 2 N–H and O–H groups in total. The molecular weight excluding hydrogens is 286 g/mol. The third-order valence-electron chi connectivity index (χ3n) is 3.26. The van der Waals surface area contributed by atoms with Crippen molar-refractivity contribution in [2.24, 2.45) is 0 Å². The summed E-state index contributed by atoms with van der Waals surface area (Å²) in [6, 6.07) is 3.35. The van der Waals surface area contributed by atoms with Gasteiger partial charge in [-0.1, -0.05) is 0 Å². The van der Waals surface area contributed by atoms with Gasteiger partial charge in [0.05, 0.1) is 29.6 Å². The molecule has 1 aliphatic rings. The lowest BCUT2D eigenvalue weighted by molar-refractivity contribution is 0.0932. The summed E-state index contributed by atoms with van der Waals surface area (Å²) in [6.07, 6.45) is 3.39. The summed E-state index contributed by atoms with van der Waals surface area (Å²) in [6.45, 7) is 2.91. The number of nitrogens with one attached hydrogen (secondary N) is 2. The summed E-state index contributed by atoms with van der Waals surface area (Å²) in [5, 5.41) is 5.38. The number of hydrogen-bond acceptors (Lipinski definition) is 5. The van der Waals surface area contributed by atoms with Gasteiger partial charge in [-0.2, -0.15) is 0 Å². The molecule has 3 heterocycles. The SMILES string of the molecule is CCOc1ccc(NC(=O)c2coc3c2C(=O)NCC3)cn1. The van der Waals surface area contributed by atoms with Gasteiger partial charge in [-0.05, 0) is 13.0 Å². The van der Waals surface area contributed by atoms with Crippen molar-refractivity contribution in [2.45, 2.75) is 13.3 Å². The number of fused-ring (bicyclic) bond motifs is 1. The zero-order valence-electron chi connectivity index (χ0n) is 12.0. The van der Waals surface area contributed by atoms with Gasteiger partial charge in [0.15, 0.2) is 0 Å². The maximum Gasteiger partial charge on any atom is 0.259 e. The van der Waals surface area contributed by atoms with E-state index in [9.17, 15) is 9.59 Å². The van der Waals surface area contributed by atoms with Crippen molar-refractivity contribution in [1.82, 2.24) is 10.3 Å². The van der Waals surface area contributed by atoms with Crippen LogP contribution < -0.4 is 15.4 Å². The largest absolute Gasteiger partial charge is 0.478 e. The molecular formula is C15H15N3O4. The number of nitrogens with zero attached hydrogens (tertiary/aromatic N) is 1. The number of carbonyl (C=O) groups is 2. The molecule has 0 bridgehead atoms. The van der Waals surface area contributed by atoms with Crippen molar-refractivity contribution in [3.8, 4) is 5.88 Å². The Hall–Kier alpha value is -2.83. The van der Waals surface area contributed by atoms with Crippen molar-refractivity contribution >= 4 is 17.5 Å². The second-order valence-corrected chi connectivity index (χ2v) is 4.73. The third-order valence-corrected chi connectivity index (χ3v) is 3.26. The number of carbonyl (C=O) groups excluding carboxylic acids is 2. The molecule has 114 valence electrons. The van der Waals surface area contributed by atoms with Crippen LogP contribution in [0.3, 0.4) is 0 Å². The molecule has 22 heavy (non-hydrogen) atoms. The first kappa shape index (κ1) is 14.1. The normalized spacial score (nSPS) is 13.2. The average Bonchev–Trinajstić information content (AvgIpc) is 2.95. The van der Waals surface area contributed by atoms with E-state index < -0.39 is 5.91 Å². The molecule has 0 saturated carbocycles. The Morgan fingerprint density at radius 1 is 1.50 bits per heavy atom. The zero-order chi connectivity index (χ0) is 15.5. The molecule has 7 nitrogen and oxygen atoms in total. The Labute approximate surface area is 126 Å². The number of rotatable bonds is 4. The van der Waals surface area contributed by atoms with Crippen molar-refractivity contribution in [2.75, 3.05) is 18.5 Å². The Morgan fingerprint density at radius 3 is 3.09 bits per heavy atom. The number of hydrogen-bond donors (Lipinski definition) is 2. The molecule has 2 amide bonds. The van der Waals surface area contributed by atoms with Gasteiger partial charge in [0.25, 0.3) is 11.8 Å². The highest BCUT2D eigenvalue weighted by molar-refractivity contribution is 6.12. The van der Waals surface area contributed by atoms with Crippen LogP contribution in [0, 0.1) is 0 Å². The van der Waals surface area contributed by atoms with Crippen LogP contribution in [0.2, 0.25) is 0 Å². The van der Waals surface area contributed by atoms with Gasteiger partial charge in [-0.25, -0.2) is 4.98 Å². The topological polar surface area (TPSA) is 93.5 Å². The van der Waals surface area contributed by atoms with Crippen LogP contribution in [-0.2, 0) is 6.42 Å². The lowest BCUT2D eigenvalue weighted by Crippen LogP contribution is -2.32. The van der Waals surface area contributed by atoms with Crippen LogP contribution in [0.4, 0.5) is 5.69 Å². The van der Waals surface area contributed by atoms with Crippen molar-refractivity contribution in [3.63, 3.8) is 0 Å². The van der Waals surface area contributed by atoms with Crippen LogP contribution in [0.1, 0.15) is 33.4 Å². The smallest absolute Gasteiger partial charge is 0.259 e. The van der Waals surface area contributed by atoms with E-state index in [0.29, 0.717) is 42.5 Å². The third kappa shape index (κ3) is 2.65. The molecule has 0 radical (unpaired) electrons. The minimum Gasteiger partial charge on any atom is -0.478 e. The second kappa shape index (κ2) is 5.88. The fourth-order valence-electron chi connectivity index (χ4n) is 2.26. The number of ether oxygens (including phenoxy) is 1. The number of pyridine rings is 1. The first-order valence-corrected chi connectivity index (χ1v) is 6.97. The van der Waals surface area contributed by atoms with Crippen molar-refractivity contribution in [3.05, 3.63) is 41.5 Å². The van der Waals surface area contributed by atoms with Gasteiger partial charge in [-0.15, -0.1) is 0 Å². The molecule has 0 fully saturated rings. The van der Waals surface area contributed by atoms with E-state index >= 15 is 0 Å². The fraction of sp³-hybridized carbons (Fsp3) is 0.267. The highest BCUT2D eigenvalue weighted by Crippen LogP contribution is 2.22. The Bertz CT molecular complexity index is 706. The molecule has 0 saturated heterocycles. The lowest BCUT2D eigenvalue weighted by atomic mass is 10.0. The number of anilines is 1. The number of amides is 2. The quantitative estimate of drug-likeness (QED) is 0.895. The van der Waals surface area contributed by atoms with Crippen molar-refractivity contribution < 1.29 is 18.7 Å². The van der Waals surface area contributed by atoms with Crippen LogP contribution in [-0.4, -0.2) is 29.9 Å². The van der Waals surface area contributed by atoms with Gasteiger partial charge in [0, 0.05) is 19.0 Å². The number of aromatic nitrogens is 1. The first-order chi connectivity index (χ1) is 10.7. The Balaban J connectivity index is 1.77. The average molecular weight is 301 g/mol. The molecule has 7 heteroatoms. The molecule has 0 aliphatic carbocycles. The highest BCUT2D eigenvalue weighted by Gasteiger charge is 2.27. The van der Waals surface area contributed by atoms with E-state index in [-0.39, 0.29) is 11.5 Å². The molecule has 0 atom stereocenters. The fourth-order valence-corrected chi connectivity index (χ4v) is 2.26. The summed E-state index contributed by atoms with van der Waals surface area (Å²) in [4.78, 5) is 28.2. The summed E-state index contributed by atoms with van der Waals surface area (Å²) < 4.78 is 10.5. The number of furan rings is 1. The minimum absolute atomic E-state index is 0.223. The van der Waals surface area contributed by atoms with Crippen LogP contribution in [0.25, 0.3) is 0 Å². The molecule has 2 aromatic rings. The van der Waals surface area contributed by atoms with Crippen LogP contribution >= 0.6 is 0 Å². The molecule has 0 aromatic carbocycles. The minimum atomic E-state index is -0.409. The molecule has 1 aliphatic heterocycles. The van der Waals surface area contributed by atoms with E-state index in [2.05, 4.69) is 15.6 Å². The maximum atomic E-state index is 12.3. The Morgan fingerprint density at radius 2 is 2.36 bits per heavy atom. The highest BCUT2D eigenvalue weighted by atomic mass is 16.5. The van der Waals surface area contributed by atoms with Gasteiger partial charge in [-0.3, -0.25) is 9.59 Å². The zero-order valence-corrected chi connectivity index (χ0v) is 12.0. The molecule has 2 aromatic heterocycles. The lowest BCUT2D eigenvalue weighted by Gasteiger charge is -2.12. The summed E-state index contributed by atoms with van der Waals surface area (Å²) >= 11 is 0. The monoisotopic (exact) mass is 301 g/mol. The predicted octanol–water partition coefficient (Wildman–Crippen LogP) is 1.61. The van der Waals surface area contributed by atoms with Gasteiger partial charge in [0.2, 0.25) is 5.88 Å². The summed E-state index contributed by atoms with van der Waals surface area (Å²) in [5.41, 5.74) is 1.04. The molecule has 0 spiro atoms. The van der Waals surface area contributed by atoms with Crippen molar-refractivity contribution in [1.29, 1.82) is 0 Å². The summed E-state index contributed by atoms with van der Waals surface area (Å²) in [5.74, 6) is 0.331. The molecule has 3 rings (SSSR count). The standard InChI is InChI=1S/C15H15N3O4/c1-2-21-12-4-3-9(7-17-12)18-14(19)10-8-22-11-5-6-16-15(20)13(10)11/h3-4,7-8H,2,5-6H2,1H3,(H,16,20)(H,18,19). The van der Waals surface area contributed by atoms with E-state index in [1.165, 1.54) is 12.5 Å². The van der Waals surface area contributed by atoms with Crippen LogP contribution in [0.5, 0.6) is 5.88 Å². The second-order valence-electron chi connectivity index (χ2n) is 4.73. The van der Waals surface area contributed by atoms with Gasteiger partial charge < -0.3 is 19.8 Å². The van der Waals surface area contributed by atoms with Gasteiger partial charge >= 0.3 is 0 Å². The first-order valence-electron chi connectivity index (χ1n) is 6.97. The van der Waals surface area contributed by atoms with Gasteiger partial charge in [0.1, 0.15) is 12.0 Å². The van der Waals surface area contributed by atoms with E-state index in [1.807, 2.05) is 6.92 Å². The van der Waals surface area contributed by atoms with E-state index in [0.717, 1.165) is 0 Å². The summed E-state index contributed by atoms with van der Waals surface area (Å²) in [7, 11) is 0. The van der Waals surface area contributed by atoms with Crippen LogP contribution in [0.15, 0.2) is 29.0 Å². The van der Waals surface area contributed by atoms with E-state index in [4.69, 9.17) is 9.15 Å². The maximum absolute atomic E-state index is 12.3. The Kier molecular flexibility index (Phi) is 3.78.